The smallest absolute Gasteiger partial charge is 0.361 e. The van der Waals surface area contributed by atoms with Gasteiger partial charge in [0.05, 0.1) is 29.7 Å². The molecule has 3 aromatic rings. The number of H-pyrrole nitrogens is 1. The molecule has 0 radical (unpaired) electrons. The number of ketones is 1. The zero-order valence-corrected chi connectivity index (χ0v) is 17.3. The van der Waals surface area contributed by atoms with E-state index in [1.165, 1.54) is 18.8 Å². The molecular formula is C21H22N4O5. The second-order valence-corrected chi connectivity index (χ2v) is 6.79. The number of Topliss-reactive ketones (excluding diaryl/α,β-unsaturated/α-hetero) is 1. The third-order valence-electron chi connectivity index (χ3n) is 4.69. The number of rotatable bonds is 6. The summed E-state index contributed by atoms with van der Waals surface area (Å²) in [7, 11) is 1.27. The Morgan fingerprint density at radius 1 is 1.03 bits per heavy atom. The van der Waals surface area contributed by atoms with Crippen molar-refractivity contribution >= 4 is 17.7 Å². The highest BCUT2D eigenvalue weighted by molar-refractivity contribution is 6.04. The Bertz CT molecular complexity index is 1110. The SMILES string of the molecule is COC(=O)c1c(C)[nH]c(C(=O)[C@@H](C)OC(=O)c2nn(-c3ccccc3)nc2C)c1C. The van der Waals surface area contributed by atoms with E-state index in [2.05, 4.69) is 15.2 Å². The summed E-state index contributed by atoms with van der Waals surface area (Å²) in [6, 6.07) is 9.12. The lowest BCUT2D eigenvalue weighted by molar-refractivity contribution is 0.0310. The molecule has 0 amide bonds. The summed E-state index contributed by atoms with van der Waals surface area (Å²) in [5.41, 5.74) is 2.52. The number of aromatic amines is 1. The van der Waals surface area contributed by atoms with Crippen LogP contribution < -0.4 is 0 Å². The Balaban J connectivity index is 1.79. The second kappa shape index (κ2) is 8.32. The van der Waals surface area contributed by atoms with E-state index in [0.29, 0.717) is 28.2 Å². The first-order chi connectivity index (χ1) is 14.2. The third kappa shape index (κ3) is 3.86. The van der Waals surface area contributed by atoms with Crippen molar-refractivity contribution in [1.82, 2.24) is 20.0 Å². The van der Waals surface area contributed by atoms with E-state index in [1.54, 1.807) is 32.9 Å². The number of carbonyl (C=O) groups is 3. The highest BCUT2D eigenvalue weighted by atomic mass is 16.5. The molecule has 1 atom stereocenters. The lowest BCUT2D eigenvalue weighted by Gasteiger charge is -2.11. The van der Waals surface area contributed by atoms with Gasteiger partial charge in [0, 0.05) is 5.69 Å². The number of hydrogen-bond acceptors (Lipinski definition) is 7. The molecule has 1 N–H and O–H groups in total. The highest BCUT2D eigenvalue weighted by Crippen LogP contribution is 2.21. The maximum absolute atomic E-state index is 12.8. The van der Waals surface area contributed by atoms with E-state index in [0.717, 1.165) is 0 Å². The highest BCUT2D eigenvalue weighted by Gasteiger charge is 2.29. The zero-order chi connectivity index (χ0) is 22.0. The second-order valence-electron chi connectivity index (χ2n) is 6.79. The molecule has 2 aromatic heterocycles. The normalized spacial score (nSPS) is 11.8. The van der Waals surface area contributed by atoms with Gasteiger partial charge in [-0.2, -0.15) is 9.90 Å². The summed E-state index contributed by atoms with van der Waals surface area (Å²) in [6.45, 7) is 6.40. The van der Waals surface area contributed by atoms with Crippen LogP contribution >= 0.6 is 0 Å². The zero-order valence-electron chi connectivity index (χ0n) is 17.3. The minimum Gasteiger partial charge on any atom is -0.465 e. The number of aryl methyl sites for hydroxylation is 2. The number of benzene rings is 1. The van der Waals surface area contributed by atoms with Crippen LogP contribution in [0.3, 0.4) is 0 Å². The topological polar surface area (TPSA) is 116 Å². The minimum atomic E-state index is -1.10. The minimum absolute atomic E-state index is 0.0214. The maximum atomic E-state index is 12.8. The van der Waals surface area contributed by atoms with Crippen molar-refractivity contribution in [2.75, 3.05) is 7.11 Å². The number of aromatic nitrogens is 4. The van der Waals surface area contributed by atoms with Crippen LogP contribution in [0, 0.1) is 20.8 Å². The monoisotopic (exact) mass is 410 g/mol. The van der Waals surface area contributed by atoms with Crippen molar-refractivity contribution in [2.24, 2.45) is 0 Å². The number of para-hydroxylation sites is 1. The lowest BCUT2D eigenvalue weighted by Crippen LogP contribution is -2.26. The van der Waals surface area contributed by atoms with Gasteiger partial charge in [-0.25, -0.2) is 9.59 Å². The molecule has 9 nitrogen and oxygen atoms in total. The molecular weight excluding hydrogens is 388 g/mol. The molecule has 1 aromatic carbocycles. The molecule has 0 unspecified atom stereocenters. The summed E-state index contributed by atoms with van der Waals surface area (Å²) in [5.74, 6) is -1.77. The van der Waals surface area contributed by atoms with Gasteiger partial charge in [0.25, 0.3) is 0 Å². The third-order valence-corrected chi connectivity index (χ3v) is 4.69. The molecule has 2 heterocycles. The van der Waals surface area contributed by atoms with E-state index in [1.807, 2.05) is 18.2 Å². The fourth-order valence-corrected chi connectivity index (χ4v) is 3.12. The van der Waals surface area contributed by atoms with Gasteiger partial charge in [-0.15, -0.1) is 5.10 Å². The molecule has 3 rings (SSSR count). The van der Waals surface area contributed by atoms with Gasteiger partial charge >= 0.3 is 11.9 Å². The maximum Gasteiger partial charge on any atom is 0.361 e. The van der Waals surface area contributed by atoms with Crippen LogP contribution in [0.15, 0.2) is 30.3 Å². The average Bonchev–Trinajstić information content (AvgIpc) is 3.26. The molecule has 0 aliphatic rings. The molecule has 0 aliphatic carbocycles. The lowest BCUT2D eigenvalue weighted by atomic mass is 10.1. The summed E-state index contributed by atoms with van der Waals surface area (Å²) in [4.78, 5) is 41.6. The fraction of sp³-hybridized carbons (Fsp3) is 0.286. The first-order valence-corrected chi connectivity index (χ1v) is 9.26. The quantitative estimate of drug-likeness (QED) is 0.490. The van der Waals surface area contributed by atoms with Gasteiger partial charge < -0.3 is 14.5 Å². The molecule has 156 valence electrons. The summed E-state index contributed by atoms with van der Waals surface area (Å²) in [6.07, 6.45) is -1.10. The van der Waals surface area contributed by atoms with Gasteiger partial charge in [0.1, 0.15) is 0 Å². The van der Waals surface area contributed by atoms with Crippen LogP contribution in [0.2, 0.25) is 0 Å². The van der Waals surface area contributed by atoms with Crippen LogP contribution in [0.5, 0.6) is 0 Å². The van der Waals surface area contributed by atoms with E-state index in [9.17, 15) is 14.4 Å². The number of esters is 2. The van der Waals surface area contributed by atoms with E-state index < -0.39 is 23.8 Å². The molecule has 0 saturated carbocycles. The predicted octanol–water partition coefficient (Wildman–Crippen LogP) is 2.74. The molecule has 0 fully saturated rings. The Morgan fingerprint density at radius 2 is 1.70 bits per heavy atom. The van der Waals surface area contributed by atoms with Crippen LogP contribution in [0.25, 0.3) is 5.69 Å². The van der Waals surface area contributed by atoms with E-state index in [4.69, 9.17) is 9.47 Å². The van der Waals surface area contributed by atoms with Crippen molar-refractivity contribution < 1.29 is 23.9 Å². The summed E-state index contributed by atoms with van der Waals surface area (Å²) >= 11 is 0. The molecule has 30 heavy (non-hydrogen) atoms. The van der Waals surface area contributed by atoms with Gasteiger partial charge in [-0.3, -0.25) is 4.79 Å². The summed E-state index contributed by atoms with van der Waals surface area (Å²) in [5, 5.41) is 8.42. The van der Waals surface area contributed by atoms with Gasteiger partial charge in [-0.05, 0) is 45.4 Å². The van der Waals surface area contributed by atoms with Crippen molar-refractivity contribution in [3.63, 3.8) is 0 Å². The van der Waals surface area contributed by atoms with E-state index >= 15 is 0 Å². The molecule has 0 bridgehead atoms. The average molecular weight is 410 g/mol. The van der Waals surface area contributed by atoms with E-state index in [-0.39, 0.29) is 11.4 Å². The standard InChI is InChI=1S/C21H22N4O5/c1-11-16(20(27)29-5)12(2)22-17(11)19(26)14(4)30-21(28)18-13(3)23-25(24-18)15-9-7-6-8-10-15/h6-10,14,22H,1-5H3/t14-/m1/s1. The Morgan fingerprint density at radius 3 is 2.33 bits per heavy atom. The Kier molecular flexibility index (Phi) is 5.81. The number of methoxy groups -OCH3 is 1. The fourth-order valence-electron chi connectivity index (χ4n) is 3.12. The first-order valence-electron chi connectivity index (χ1n) is 9.26. The first kappa shape index (κ1) is 21.0. The van der Waals surface area contributed by atoms with Crippen LogP contribution in [-0.4, -0.2) is 50.9 Å². The largest absolute Gasteiger partial charge is 0.465 e. The predicted molar refractivity (Wildman–Crippen MR) is 107 cm³/mol. The number of nitrogens with one attached hydrogen (secondary N) is 1. The van der Waals surface area contributed by atoms with Crippen molar-refractivity contribution in [3.05, 3.63) is 64.2 Å². The van der Waals surface area contributed by atoms with Crippen molar-refractivity contribution in [3.8, 4) is 5.69 Å². The van der Waals surface area contributed by atoms with Crippen LogP contribution in [-0.2, 0) is 9.47 Å². The molecule has 9 heteroatoms. The Labute approximate surface area is 173 Å². The summed E-state index contributed by atoms with van der Waals surface area (Å²) < 4.78 is 10.1. The molecule has 0 aliphatic heterocycles. The number of nitrogens with zero attached hydrogens (tertiary/aromatic N) is 3. The number of ether oxygens (including phenoxy) is 2. The van der Waals surface area contributed by atoms with Gasteiger partial charge in [0.2, 0.25) is 5.78 Å². The van der Waals surface area contributed by atoms with Gasteiger partial charge in [-0.1, -0.05) is 18.2 Å². The Hall–Kier alpha value is -3.75. The van der Waals surface area contributed by atoms with Gasteiger partial charge in [0.15, 0.2) is 11.8 Å². The number of hydrogen-bond donors (Lipinski definition) is 1. The van der Waals surface area contributed by atoms with Crippen molar-refractivity contribution in [2.45, 2.75) is 33.8 Å². The van der Waals surface area contributed by atoms with Crippen LogP contribution in [0.4, 0.5) is 0 Å². The molecule has 0 saturated heterocycles. The molecule has 0 spiro atoms. The van der Waals surface area contributed by atoms with Crippen molar-refractivity contribution in [1.29, 1.82) is 0 Å². The number of carbonyl (C=O) groups excluding carboxylic acids is 3. The van der Waals surface area contributed by atoms with Crippen LogP contribution in [0.1, 0.15) is 55.2 Å².